The van der Waals surface area contributed by atoms with Crippen molar-refractivity contribution in [3.05, 3.63) is 89.2 Å². The number of hydrogen-bond acceptors (Lipinski definition) is 4. The molecule has 3 aromatic carbocycles. The van der Waals surface area contributed by atoms with E-state index in [0.29, 0.717) is 31.1 Å². The number of para-hydroxylation sites is 2. The molecule has 176 valence electrons. The minimum atomic E-state index is 0.00233. The minimum Gasteiger partial charge on any atom is -0.497 e. The lowest BCUT2D eigenvalue weighted by Gasteiger charge is -2.12. The third kappa shape index (κ3) is 6.29. The monoisotopic (exact) mass is 477 g/mol. The van der Waals surface area contributed by atoms with Gasteiger partial charge in [-0.2, -0.15) is 0 Å². The van der Waals surface area contributed by atoms with Gasteiger partial charge in [0.1, 0.15) is 23.9 Å². The zero-order valence-electron chi connectivity index (χ0n) is 19.2. The molecule has 0 aliphatic carbocycles. The van der Waals surface area contributed by atoms with E-state index in [9.17, 15) is 4.79 Å². The molecule has 0 spiro atoms. The third-order valence-corrected chi connectivity index (χ3v) is 5.79. The van der Waals surface area contributed by atoms with E-state index < -0.39 is 0 Å². The molecule has 0 bridgehead atoms. The Morgan fingerprint density at radius 3 is 2.65 bits per heavy atom. The van der Waals surface area contributed by atoms with Gasteiger partial charge in [0.15, 0.2) is 0 Å². The summed E-state index contributed by atoms with van der Waals surface area (Å²) in [6.07, 6.45) is 1.90. The van der Waals surface area contributed by atoms with E-state index in [1.165, 1.54) is 0 Å². The largest absolute Gasteiger partial charge is 0.497 e. The molecule has 0 radical (unpaired) electrons. The summed E-state index contributed by atoms with van der Waals surface area (Å²) >= 11 is 5.90. The van der Waals surface area contributed by atoms with Crippen LogP contribution in [0.25, 0.3) is 11.0 Å². The summed E-state index contributed by atoms with van der Waals surface area (Å²) in [5.74, 6) is 2.53. The second-order valence-corrected chi connectivity index (χ2v) is 8.39. The van der Waals surface area contributed by atoms with E-state index >= 15 is 0 Å². The number of nitrogens with one attached hydrogen (secondary N) is 1. The highest BCUT2D eigenvalue weighted by atomic mass is 35.5. The summed E-state index contributed by atoms with van der Waals surface area (Å²) in [5.41, 5.74) is 2.99. The zero-order valence-corrected chi connectivity index (χ0v) is 19.9. The molecule has 6 nitrogen and oxygen atoms in total. The topological polar surface area (TPSA) is 65.4 Å². The van der Waals surface area contributed by atoms with Crippen LogP contribution in [0.3, 0.4) is 0 Å². The first kappa shape index (κ1) is 23.6. The van der Waals surface area contributed by atoms with Crippen molar-refractivity contribution in [2.75, 3.05) is 20.3 Å². The molecule has 1 amide bonds. The predicted molar refractivity (Wildman–Crippen MR) is 135 cm³/mol. The van der Waals surface area contributed by atoms with Crippen LogP contribution in [0.1, 0.15) is 17.8 Å². The first-order valence-electron chi connectivity index (χ1n) is 11.3. The molecule has 1 heterocycles. The Balaban J connectivity index is 1.32. The molecule has 4 rings (SSSR count). The summed E-state index contributed by atoms with van der Waals surface area (Å²) in [4.78, 5) is 17.1. The molecule has 1 aromatic heterocycles. The number of imidazole rings is 1. The molecule has 1 N–H and O–H groups in total. The number of hydrogen-bond donors (Lipinski definition) is 1. The van der Waals surface area contributed by atoms with Gasteiger partial charge in [-0.25, -0.2) is 4.98 Å². The Hall–Kier alpha value is -3.51. The molecule has 0 saturated heterocycles. The van der Waals surface area contributed by atoms with E-state index in [4.69, 9.17) is 26.1 Å². The lowest BCUT2D eigenvalue weighted by atomic mass is 10.1. The normalized spacial score (nSPS) is 10.9. The Bertz CT molecular complexity index is 1240. The predicted octanol–water partition coefficient (Wildman–Crippen LogP) is 5.07. The number of aromatic nitrogens is 2. The SMILES string of the molecule is COc1cccc(OCCn2c(CCCNC(=O)Cc3ccc(Cl)cc3)nc3ccccc32)c1. The number of amides is 1. The van der Waals surface area contributed by atoms with Crippen molar-refractivity contribution in [3.63, 3.8) is 0 Å². The van der Waals surface area contributed by atoms with Crippen LogP contribution in [0.2, 0.25) is 5.02 Å². The third-order valence-electron chi connectivity index (χ3n) is 5.54. The van der Waals surface area contributed by atoms with Crippen molar-refractivity contribution < 1.29 is 14.3 Å². The lowest BCUT2D eigenvalue weighted by Crippen LogP contribution is -2.26. The van der Waals surface area contributed by atoms with Crippen molar-refractivity contribution >= 4 is 28.5 Å². The van der Waals surface area contributed by atoms with Crippen LogP contribution in [0.5, 0.6) is 11.5 Å². The molecule has 7 heteroatoms. The first-order chi connectivity index (χ1) is 16.6. The molecule has 0 aliphatic rings. The number of halogens is 1. The fraction of sp³-hybridized carbons (Fsp3) is 0.259. The van der Waals surface area contributed by atoms with Crippen LogP contribution < -0.4 is 14.8 Å². The van der Waals surface area contributed by atoms with E-state index in [1.54, 1.807) is 19.2 Å². The fourth-order valence-electron chi connectivity index (χ4n) is 3.84. The Morgan fingerprint density at radius 2 is 1.82 bits per heavy atom. The summed E-state index contributed by atoms with van der Waals surface area (Å²) < 4.78 is 13.4. The van der Waals surface area contributed by atoms with Crippen molar-refractivity contribution in [1.29, 1.82) is 0 Å². The lowest BCUT2D eigenvalue weighted by molar-refractivity contribution is -0.120. The maximum absolute atomic E-state index is 12.2. The van der Waals surface area contributed by atoms with Gasteiger partial charge in [-0.05, 0) is 48.4 Å². The Kier molecular flexibility index (Phi) is 8.04. The molecular weight excluding hydrogens is 450 g/mol. The van der Waals surface area contributed by atoms with Gasteiger partial charge in [-0.15, -0.1) is 0 Å². The fourth-order valence-corrected chi connectivity index (χ4v) is 3.96. The molecule has 34 heavy (non-hydrogen) atoms. The van der Waals surface area contributed by atoms with Gasteiger partial charge in [0.05, 0.1) is 31.1 Å². The number of aryl methyl sites for hydroxylation is 1. The van der Waals surface area contributed by atoms with E-state index in [2.05, 4.69) is 16.0 Å². The quantitative estimate of drug-likeness (QED) is 0.306. The van der Waals surface area contributed by atoms with Gasteiger partial charge < -0.3 is 19.4 Å². The van der Waals surface area contributed by atoms with Crippen LogP contribution >= 0.6 is 11.6 Å². The standard InChI is InChI=1S/C27H28ClN3O3/c1-33-22-6-4-7-23(19-22)34-17-16-31-25-9-3-2-8-24(25)30-26(31)10-5-15-29-27(32)18-20-11-13-21(28)14-12-20/h2-4,6-9,11-14,19H,5,10,15-18H2,1H3,(H,29,32). The molecule has 4 aromatic rings. The van der Waals surface area contributed by atoms with Crippen molar-refractivity contribution in [1.82, 2.24) is 14.9 Å². The molecular formula is C27H28ClN3O3. The minimum absolute atomic E-state index is 0.00233. The summed E-state index contributed by atoms with van der Waals surface area (Å²) in [6.45, 7) is 1.78. The number of fused-ring (bicyclic) bond motifs is 1. The molecule has 0 atom stereocenters. The average molecular weight is 478 g/mol. The number of benzene rings is 3. The van der Waals surface area contributed by atoms with Gasteiger partial charge in [-0.3, -0.25) is 4.79 Å². The average Bonchev–Trinajstić information content (AvgIpc) is 3.21. The highest BCUT2D eigenvalue weighted by molar-refractivity contribution is 6.30. The highest BCUT2D eigenvalue weighted by Gasteiger charge is 2.11. The van der Waals surface area contributed by atoms with E-state index in [0.717, 1.165) is 46.8 Å². The van der Waals surface area contributed by atoms with E-state index in [-0.39, 0.29) is 5.91 Å². The van der Waals surface area contributed by atoms with Gasteiger partial charge in [0.2, 0.25) is 5.91 Å². The van der Waals surface area contributed by atoms with Crippen LogP contribution in [0, 0.1) is 0 Å². The summed E-state index contributed by atoms with van der Waals surface area (Å²) in [7, 11) is 1.64. The van der Waals surface area contributed by atoms with Crippen LogP contribution in [0.4, 0.5) is 0 Å². The van der Waals surface area contributed by atoms with Crippen molar-refractivity contribution in [2.24, 2.45) is 0 Å². The number of rotatable bonds is 11. The molecule has 0 aliphatic heterocycles. The van der Waals surface area contributed by atoms with Gasteiger partial charge in [0, 0.05) is 24.1 Å². The van der Waals surface area contributed by atoms with Crippen LogP contribution in [-0.2, 0) is 24.2 Å². The zero-order chi connectivity index (χ0) is 23.8. The molecule has 0 unspecified atom stereocenters. The number of methoxy groups -OCH3 is 1. The molecule has 0 saturated carbocycles. The van der Waals surface area contributed by atoms with Crippen molar-refractivity contribution in [3.8, 4) is 11.5 Å². The second-order valence-electron chi connectivity index (χ2n) is 7.95. The number of carbonyl (C=O) groups is 1. The summed E-state index contributed by atoms with van der Waals surface area (Å²) in [5, 5.41) is 3.67. The second kappa shape index (κ2) is 11.6. The Morgan fingerprint density at radius 1 is 1.03 bits per heavy atom. The van der Waals surface area contributed by atoms with Crippen molar-refractivity contribution in [2.45, 2.75) is 25.8 Å². The van der Waals surface area contributed by atoms with Gasteiger partial charge in [-0.1, -0.05) is 41.9 Å². The number of nitrogens with zero attached hydrogens (tertiary/aromatic N) is 2. The smallest absolute Gasteiger partial charge is 0.224 e. The van der Waals surface area contributed by atoms with E-state index in [1.807, 2.05) is 54.6 Å². The Labute approximate surface area is 204 Å². The summed E-state index contributed by atoms with van der Waals surface area (Å²) in [6, 6.07) is 23.0. The van der Waals surface area contributed by atoms with Gasteiger partial charge >= 0.3 is 0 Å². The first-order valence-corrected chi connectivity index (χ1v) is 11.7. The van der Waals surface area contributed by atoms with Crippen LogP contribution in [-0.4, -0.2) is 35.7 Å². The number of ether oxygens (including phenoxy) is 2. The maximum atomic E-state index is 12.2. The van der Waals surface area contributed by atoms with Gasteiger partial charge in [0.25, 0.3) is 0 Å². The highest BCUT2D eigenvalue weighted by Crippen LogP contribution is 2.20. The molecule has 0 fully saturated rings. The maximum Gasteiger partial charge on any atom is 0.224 e. The van der Waals surface area contributed by atoms with Crippen LogP contribution in [0.15, 0.2) is 72.8 Å². The number of carbonyl (C=O) groups excluding carboxylic acids is 1.